The molecule has 1 saturated carbocycles. The van der Waals surface area contributed by atoms with Crippen LogP contribution in [0.5, 0.6) is 0 Å². The van der Waals surface area contributed by atoms with Gasteiger partial charge in [-0.2, -0.15) is 0 Å². The summed E-state index contributed by atoms with van der Waals surface area (Å²) in [6.45, 7) is 0. The Morgan fingerprint density at radius 1 is 1.29 bits per heavy atom. The highest BCUT2D eigenvalue weighted by Gasteiger charge is 2.32. The van der Waals surface area contributed by atoms with Crippen molar-refractivity contribution in [1.82, 2.24) is 0 Å². The monoisotopic (exact) mass is 215 g/mol. The zero-order valence-electron chi connectivity index (χ0n) is 8.00. The molecule has 0 bridgehead atoms. The van der Waals surface area contributed by atoms with Crippen molar-refractivity contribution in [3.05, 3.63) is 35.6 Å². The zero-order chi connectivity index (χ0) is 9.31. The van der Waals surface area contributed by atoms with E-state index in [1.807, 2.05) is 12.1 Å². The summed E-state index contributed by atoms with van der Waals surface area (Å²) >= 11 is 0. The van der Waals surface area contributed by atoms with Gasteiger partial charge < -0.3 is 5.73 Å². The molecule has 0 aliphatic heterocycles. The first kappa shape index (κ1) is 11.5. The molecule has 0 heterocycles. The molecule has 0 amide bonds. The van der Waals surface area contributed by atoms with Crippen LogP contribution in [0.1, 0.15) is 24.8 Å². The molecule has 14 heavy (non-hydrogen) atoms. The highest BCUT2D eigenvalue weighted by molar-refractivity contribution is 5.85. The van der Waals surface area contributed by atoms with Gasteiger partial charge in [-0.05, 0) is 37.3 Å². The zero-order valence-corrected chi connectivity index (χ0v) is 8.82. The number of nitrogens with two attached hydrogens (primary N) is 1. The molecule has 0 aromatic heterocycles. The Morgan fingerprint density at radius 3 is 2.43 bits per heavy atom. The summed E-state index contributed by atoms with van der Waals surface area (Å²) in [7, 11) is 0. The summed E-state index contributed by atoms with van der Waals surface area (Å²) < 4.78 is 13.2. The minimum atomic E-state index is -0.126. The van der Waals surface area contributed by atoms with E-state index < -0.39 is 0 Å². The maximum Gasteiger partial charge on any atom is 0.126 e. The largest absolute Gasteiger partial charge is 0.325 e. The number of hydrogen-bond donors (Lipinski definition) is 1. The summed E-state index contributed by atoms with van der Waals surface area (Å²) in [6.07, 6.45) is 3.92. The molecule has 78 valence electrons. The molecule has 0 saturated heterocycles. The molecule has 1 aliphatic rings. The summed E-state index contributed by atoms with van der Waals surface area (Å²) in [4.78, 5) is 0. The number of halogens is 2. The first-order chi connectivity index (χ1) is 6.20. The summed E-state index contributed by atoms with van der Waals surface area (Å²) in [5, 5.41) is 0. The molecule has 2 N–H and O–H groups in total. The van der Waals surface area contributed by atoms with Crippen molar-refractivity contribution in [3.8, 4) is 0 Å². The Kier molecular flexibility index (Phi) is 3.51. The van der Waals surface area contributed by atoms with Crippen molar-refractivity contribution < 1.29 is 4.39 Å². The molecular formula is C11H15ClFN. The second-order valence-electron chi connectivity index (χ2n) is 3.98. The van der Waals surface area contributed by atoms with Crippen LogP contribution in [0.2, 0.25) is 0 Å². The van der Waals surface area contributed by atoms with Gasteiger partial charge in [-0.3, -0.25) is 0 Å². The second-order valence-corrected chi connectivity index (χ2v) is 3.98. The smallest absolute Gasteiger partial charge is 0.126 e. The Hall–Kier alpha value is -0.600. The standard InChI is InChI=1S/C11H14FN.ClH/c12-10-5-2-1-4-9(10)8-11(13)6-3-7-11;/h1-2,4-5H,3,6-8,13H2;1H. The second kappa shape index (κ2) is 4.28. The quantitative estimate of drug-likeness (QED) is 0.807. The van der Waals surface area contributed by atoms with Gasteiger partial charge in [0.25, 0.3) is 0 Å². The first-order valence-corrected chi connectivity index (χ1v) is 4.72. The van der Waals surface area contributed by atoms with Crippen LogP contribution >= 0.6 is 12.4 Å². The first-order valence-electron chi connectivity index (χ1n) is 4.72. The van der Waals surface area contributed by atoms with Gasteiger partial charge in [0, 0.05) is 5.54 Å². The minimum absolute atomic E-state index is 0. The lowest BCUT2D eigenvalue weighted by atomic mass is 9.74. The van der Waals surface area contributed by atoms with Crippen molar-refractivity contribution in [2.75, 3.05) is 0 Å². The molecule has 1 aliphatic carbocycles. The van der Waals surface area contributed by atoms with Gasteiger partial charge in [0.15, 0.2) is 0 Å². The van der Waals surface area contributed by atoms with E-state index in [2.05, 4.69) is 0 Å². The summed E-state index contributed by atoms with van der Waals surface area (Å²) in [5.41, 5.74) is 6.67. The van der Waals surface area contributed by atoms with Crippen LogP contribution in [0, 0.1) is 5.82 Å². The number of hydrogen-bond acceptors (Lipinski definition) is 1. The van der Waals surface area contributed by atoms with E-state index >= 15 is 0 Å². The molecule has 1 fully saturated rings. The Morgan fingerprint density at radius 2 is 1.93 bits per heavy atom. The fraction of sp³-hybridized carbons (Fsp3) is 0.455. The van der Waals surface area contributed by atoms with E-state index in [1.165, 1.54) is 12.5 Å². The van der Waals surface area contributed by atoms with Gasteiger partial charge in [-0.25, -0.2) is 4.39 Å². The van der Waals surface area contributed by atoms with Gasteiger partial charge in [-0.15, -0.1) is 12.4 Å². The number of rotatable bonds is 2. The van der Waals surface area contributed by atoms with E-state index in [-0.39, 0.29) is 23.8 Å². The molecular weight excluding hydrogens is 201 g/mol. The minimum Gasteiger partial charge on any atom is -0.325 e. The molecule has 0 unspecified atom stereocenters. The molecule has 0 spiro atoms. The van der Waals surface area contributed by atoms with Crippen molar-refractivity contribution in [3.63, 3.8) is 0 Å². The Bertz CT molecular complexity index is 310. The molecule has 0 radical (unpaired) electrons. The SMILES string of the molecule is Cl.NC1(Cc2ccccc2F)CCC1. The lowest BCUT2D eigenvalue weighted by Crippen LogP contribution is -2.48. The topological polar surface area (TPSA) is 26.0 Å². The normalized spacial score (nSPS) is 18.1. The van der Waals surface area contributed by atoms with Crippen LogP contribution in [0.4, 0.5) is 4.39 Å². The molecule has 1 nitrogen and oxygen atoms in total. The van der Waals surface area contributed by atoms with Gasteiger partial charge in [-0.1, -0.05) is 18.2 Å². The average Bonchev–Trinajstić information content (AvgIpc) is 2.06. The van der Waals surface area contributed by atoms with E-state index in [1.54, 1.807) is 6.07 Å². The van der Waals surface area contributed by atoms with Crippen LogP contribution in [0.15, 0.2) is 24.3 Å². The molecule has 2 rings (SSSR count). The Labute approximate surface area is 89.9 Å². The van der Waals surface area contributed by atoms with Crippen molar-refractivity contribution in [2.24, 2.45) is 5.73 Å². The van der Waals surface area contributed by atoms with E-state index in [0.29, 0.717) is 6.42 Å². The van der Waals surface area contributed by atoms with Crippen molar-refractivity contribution >= 4 is 12.4 Å². The summed E-state index contributed by atoms with van der Waals surface area (Å²) in [6, 6.07) is 6.89. The highest BCUT2D eigenvalue weighted by atomic mass is 35.5. The fourth-order valence-corrected chi connectivity index (χ4v) is 1.83. The lowest BCUT2D eigenvalue weighted by Gasteiger charge is -2.38. The van der Waals surface area contributed by atoms with Crippen LogP contribution in [0.25, 0.3) is 0 Å². The van der Waals surface area contributed by atoms with Crippen LogP contribution < -0.4 is 5.73 Å². The maximum atomic E-state index is 13.2. The lowest BCUT2D eigenvalue weighted by molar-refractivity contribution is 0.245. The van der Waals surface area contributed by atoms with Crippen molar-refractivity contribution in [1.29, 1.82) is 0 Å². The van der Waals surface area contributed by atoms with Gasteiger partial charge in [0.1, 0.15) is 5.82 Å². The number of benzene rings is 1. The maximum absolute atomic E-state index is 13.2. The third-order valence-electron chi connectivity index (χ3n) is 2.85. The van der Waals surface area contributed by atoms with Crippen molar-refractivity contribution in [2.45, 2.75) is 31.2 Å². The molecule has 1 aromatic carbocycles. The predicted octanol–water partition coefficient (Wildman–Crippen LogP) is 2.67. The van der Waals surface area contributed by atoms with Crippen LogP contribution in [-0.4, -0.2) is 5.54 Å². The van der Waals surface area contributed by atoms with Gasteiger partial charge in [0.05, 0.1) is 0 Å². The molecule has 3 heteroatoms. The third-order valence-corrected chi connectivity index (χ3v) is 2.85. The van der Waals surface area contributed by atoms with Crippen LogP contribution in [-0.2, 0) is 6.42 Å². The van der Waals surface area contributed by atoms with E-state index in [4.69, 9.17) is 5.73 Å². The van der Waals surface area contributed by atoms with Gasteiger partial charge >= 0.3 is 0 Å². The molecule has 0 atom stereocenters. The summed E-state index contributed by atoms with van der Waals surface area (Å²) in [5.74, 6) is -0.126. The fourth-order valence-electron chi connectivity index (χ4n) is 1.83. The molecule has 1 aromatic rings. The predicted molar refractivity (Wildman–Crippen MR) is 58.1 cm³/mol. The van der Waals surface area contributed by atoms with Crippen LogP contribution in [0.3, 0.4) is 0 Å². The average molecular weight is 216 g/mol. The van der Waals surface area contributed by atoms with E-state index in [0.717, 1.165) is 18.4 Å². The van der Waals surface area contributed by atoms with E-state index in [9.17, 15) is 4.39 Å². The highest BCUT2D eigenvalue weighted by Crippen LogP contribution is 2.32. The third kappa shape index (κ3) is 2.25. The Balaban J connectivity index is 0.000000980. The van der Waals surface area contributed by atoms with Gasteiger partial charge in [0.2, 0.25) is 0 Å².